The molecule has 2 heterocycles. The Labute approximate surface area is 174 Å². The predicted octanol–water partition coefficient (Wildman–Crippen LogP) is 3.15. The number of nitrogens with zero attached hydrogens (tertiary/aromatic N) is 3. The van der Waals surface area contributed by atoms with Crippen molar-refractivity contribution < 1.29 is 9.59 Å². The van der Waals surface area contributed by atoms with Gasteiger partial charge < -0.3 is 14.7 Å². The molecule has 1 aromatic rings. The fraction of sp³-hybridized carbons (Fsp3) is 0.667. The number of hydrogen-bond acceptors (Lipinski definition) is 3. The van der Waals surface area contributed by atoms with Gasteiger partial charge in [0.1, 0.15) is 0 Å². The summed E-state index contributed by atoms with van der Waals surface area (Å²) in [4.78, 5) is 32.0. The van der Waals surface area contributed by atoms with Crippen molar-refractivity contribution in [1.29, 1.82) is 0 Å². The number of carbonyl (C=O) groups excluding carboxylic acids is 2. The summed E-state index contributed by atoms with van der Waals surface area (Å²) in [7, 11) is 0. The van der Waals surface area contributed by atoms with Gasteiger partial charge in [0.15, 0.2) is 0 Å². The molecular weight excluding hydrogens is 362 g/mol. The van der Waals surface area contributed by atoms with Crippen LogP contribution in [0.2, 0.25) is 0 Å². The Bertz CT molecular complexity index is 745. The lowest BCUT2D eigenvalue weighted by Crippen LogP contribution is -2.49. The number of piperidine rings is 1. The number of rotatable bonds is 4. The molecule has 156 valence electrons. The Morgan fingerprint density at radius 3 is 2.17 bits per heavy atom. The van der Waals surface area contributed by atoms with Crippen LogP contribution in [0.25, 0.3) is 0 Å². The van der Waals surface area contributed by atoms with Crippen molar-refractivity contribution in [2.75, 3.05) is 44.2 Å². The molecule has 4 aliphatic rings. The second kappa shape index (κ2) is 7.66. The van der Waals surface area contributed by atoms with E-state index in [2.05, 4.69) is 34.1 Å². The van der Waals surface area contributed by atoms with Crippen LogP contribution >= 0.6 is 0 Å². The maximum Gasteiger partial charge on any atom is 0.226 e. The summed E-state index contributed by atoms with van der Waals surface area (Å²) in [6.45, 7) is 5.15. The van der Waals surface area contributed by atoms with E-state index in [0.717, 1.165) is 58.5 Å². The molecule has 0 aromatic heterocycles. The van der Waals surface area contributed by atoms with Crippen LogP contribution < -0.4 is 4.90 Å². The lowest BCUT2D eigenvalue weighted by molar-refractivity contribution is -0.136. The molecule has 5 rings (SSSR count). The minimum Gasteiger partial charge on any atom is -0.368 e. The van der Waals surface area contributed by atoms with Gasteiger partial charge in [-0.25, -0.2) is 0 Å². The van der Waals surface area contributed by atoms with Gasteiger partial charge in [-0.2, -0.15) is 0 Å². The zero-order valence-corrected chi connectivity index (χ0v) is 17.4. The first kappa shape index (κ1) is 19.0. The number of benzene rings is 1. The van der Waals surface area contributed by atoms with Crippen LogP contribution in [0.4, 0.5) is 5.69 Å². The average Bonchev–Trinajstić information content (AvgIpc) is 3.51. The number of amides is 2. The van der Waals surface area contributed by atoms with Gasteiger partial charge in [-0.15, -0.1) is 0 Å². The van der Waals surface area contributed by atoms with Gasteiger partial charge in [0, 0.05) is 57.3 Å². The standard InChI is InChI=1S/C24H33N3O2/c28-22(26-15-13-25(14-16-26)20-5-2-1-3-6-20)17-19-7-11-27(12-8-19)23(29)21-18-24(21)9-4-10-24/h1-3,5-6,19,21H,4,7-18H2/t21-/m1/s1. The first-order valence-electron chi connectivity index (χ1n) is 11.5. The predicted molar refractivity (Wildman–Crippen MR) is 114 cm³/mol. The first-order chi connectivity index (χ1) is 14.1. The van der Waals surface area contributed by atoms with Crippen molar-refractivity contribution in [3.05, 3.63) is 30.3 Å². The van der Waals surface area contributed by atoms with Gasteiger partial charge in [0.25, 0.3) is 0 Å². The highest BCUT2D eigenvalue weighted by Gasteiger charge is 2.61. The van der Waals surface area contributed by atoms with Crippen LogP contribution in [0.1, 0.15) is 44.9 Å². The number of anilines is 1. The number of likely N-dealkylation sites (tertiary alicyclic amines) is 1. The van der Waals surface area contributed by atoms with Crippen molar-refractivity contribution in [2.45, 2.75) is 44.9 Å². The van der Waals surface area contributed by atoms with E-state index in [1.807, 2.05) is 11.0 Å². The van der Waals surface area contributed by atoms with Crippen LogP contribution in [0, 0.1) is 17.3 Å². The van der Waals surface area contributed by atoms with E-state index in [4.69, 9.17) is 0 Å². The topological polar surface area (TPSA) is 43.9 Å². The second-order valence-electron chi connectivity index (χ2n) is 9.65. The lowest BCUT2D eigenvalue weighted by atomic mass is 9.79. The van der Waals surface area contributed by atoms with Crippen LogP contribution in [0.5, 0.6) is 0 Å². The summed E-state index contributed by atoms with van der Waals surface area (Å²) >= 11 is 0. The quantitative estimate of drug-likeness (QED) is 0.787. The van der Waals surface area contributed by atoms with Gasteiger partial charge in [-0.3, -0.25) is 9.59 Å². The number of piperazine rings is 1. The van der Waals surface area contributed by atoms with Crippen molar-refractivity contribution in [1.82, 2.24) is 9.80 Å². The zero-order chi connectivity index (χ0) is 19.8. The van der Waals surface area contributed by atoms with E-state index in [1.54, 1.807) is 0 Å². The largest absolute Gasteiger partial charge is 0.368 e. The highest BCUT2D eigenvalue weighted by Crippen LogP contribution is 2.66. The van der Waals surface area contributed by atoms with Crippen molar-refractivity contribution in [3.63, 3.8) is 0 Å². The number of para-hydroxylation sites is 1. The zero-order valence-electron chi connectivity index (χ0n) is 17.4. The molecule has 0 radical (unpaired) electrons. The maximum absolute atomic E-state index is 12.8. The molecule has 0 bridgehead atoms. The molecule has 4 fully saturated rings. The van der Waals surface area contributed by atoms with E-state index < -0.39 is 0 Å². The van der Waals surface area contributed by atoms with Crippen LogP contribution in [-0.2, 0) is 9.59 Å². The van der Waals surface area contributed by atoms with E-state index in [-0.39, 0.29) is 0 Å². The molecule has 0 N–H and O–H groups in total. The Morgan fingerprint density at radius 2 is 1.59 bits per heavy atom. The monoisotopic (exact) mass is 395 g/mol. The first-order valence-corrected chi connectivity index (χ1v) is 11.5. The molecule has 2 amide bonds. The van der Waals surface area contributed by atoms with Crippen molar-refractivity contribution in [3.8, 4) is 0 Å². The highest BCUT2D eigenvalue weighted by atomic mass is 16.2. The van der Waals surface area contributed by atoms with Crippen molar-refractivity contribution in [2.24, 2.45) is 17.3 Å². The van der Waals surface area contributed by atoms with Crippen molar-refractivity contribution >= 4 is 17.5 Å². The van der Waals surface area contributed by atoms with Crippen LogP contribution in [0.3, 0.4) is 0 Å². The highest BCUT2D eigenvalue weighted by molar-refractivity contribution is 5.83. The maximum atomic E-state index is 12.8. The van der Waals surface area contributed by atoms with Gasteiger partial charge in [0.05, 0.1) is 0 Å². The fourth-order valence-electron chi connectivity index (χ4n) is 5.69. The third-order valence-electron chi connectivity index (χ3n) is 7.98. The summed E-state index contributed by atoms with van der Waals surface area (Å²) in [5, 5.41) is 0. The van der Waals surface area contributed by atoms with Crippen LogP contribution in [-0.4, -0.2) is 60.9 Å². The Kier molecular flexibility index (Phi) is 5.00. The minimum absolute atomic E-state index is 0.304. The third-order valence-corrected chi connectivity index (χ3v) is 7.98. The Morgan fingerprint density at radius 1 is 0.897 bits per heavy atom. The van der Waals surface area contributed by atoms with Gasteiger partial charge in [-0.05, 0) is 55.6 Å². The summed E-state index contributed by atoms with van der Waals surface area (Å²) in [5.74, 6) is 1.48. The average molecular weight is 396 g/mol. The van der Waals surface area contributed by atoms with Gasteiger partial charge in [-0.1, -0.05) is 24.6 Å². The van der Waals surface area contributed by atoms with Gasteiger partial charge in [0.2, 0.25) is 11.8 Å². The molecule has 5 nitrogen and oxygen atoms in total. The fourth-order valence-corrected chi connectivity index (χ4v) is 5.69. The molecule has 1 atom stereocenters. The Balaban J connectivity index is 1.05. The molecular formula is C24H33N3O2. The van der Waals surface area contributed by atoms with E-state index in [0.29, 0.717) is 35.5 Å². The molecule has 29 heavy (non-hydrogen) atoms. The Hall–Kier alpha value is -2.04. The molecule has 2 aliphatic carbocycles. The molecule has 2 aliphatic heterocycles. The second-order valence-corrected chi connectivity index (χ2v) is 9.65. The summed E-state index contributed by atoms with van der Waals surface area (Å²) < 4.78 is 0. The molecule has 2 saturated heterocycles. The minimum atomic E-state index is 0.304. The molecule has 5 heteroatoms. The third kappa shape index (κ3) is 3.76. The molecule has 1 spiro atoms. The molecule has 2 saturated carbocycles. The number of hydrogen-bond donors (Lipinski definition) is 0. The van der Waals surface area contributed by atoms with E-state index >= 15 is 0 Å². The summed E-state index contributed by atoms with van der Waals surface area (Å²) in [5.41, 5.74) is 1.67. The SMILES string of the molecule is O=C(CC1CCN(C(=O)[C@H]2CC23CCC3)CC1)N1CCN(c2ccccc2)CC1. The summed E-state index contributed by atoms with van der Waals surface area (Å²) in [6.07, 6.45) is 7.62. The molecule has 0 unspecified atom stereocenters. The normalized spacial score (nSPS) is 26.3. The van der Waals surface area contributed by atoms with Crippen LogP contribution in [0.15, 0.2) is 30.3 Å². The van der Waals surface area contributed by atoms with E-state index in [1.165, 1.54) is 24.9 Å². The lowest BCUT2D eigenvalue weighted by Gasteiger charge is -2.38. The smallest absolute Gasteiger partial charge is 0.226 e. The number of carbonyl (C=O) groups is 2. The van der Waals surface area contributed by atoms with E-state index in [9.17, 15) is 9.59 Å². The molecule has 1 aromatic carbocycles. The summed E-state index contributed by atoms with van der Waals surface area (Å²) in [6, 6.07) is 10.5. The van der Waals surface area contributed by atoms with Gasteiger partial charge >= 0.3 is 0 Å².